The number of hydrogen-bond acceptors (Lipinski definition) is 2. The van der Waals surface area contributed by atoms with Crippen LogP contribution in [0.5, 0.6) is 0 Å². The van der Waals surface area contributed by atoms with Crippen molar-refractivity contribution < 1.29 is 9.53 Å². The molecule has 0 aliphatic heterocycles. The van der Waals surface area contributed by atoms with Crippen molar-refractivity contribution in [3.05, 3.63) is 12.2 Å². The topological polar surface area (TPSA) is 26.3 Å². The fourth-order valence-electron chi connectivity index (χ4n) is 11.6. The molecule has 2 nitrogen and oxygen atoms in total. The van der Waals surface area contributed by atoms with Gasteiger partial charge in [-0.15, -0.1) is 6.58 Å². The van der Waals surface area contributed by atoms with Gasteiger partial charge in [0.2, 0.25) is 0 Å². The average Bonchev–Trinajstić information content (AvgIpc) is 3.32. The van der Waals surface area contributed by atoms with Crippen LogP contribution in [0.25, 0.3) is 0 Å². The van der Waals surface area contributed by atoms with Gasteiger partial charge in [0.25, 0.3) is 0 Å². The third-order valence-electron chi connectivity index (χ3n) is 13.4. The van der Waals surface area contributed by atoms with Crippen molar-refractivity contribution in [2.24, 2.45) is 50.7 Å². The largest absolute Gasteiger partial charge is 0.462 e. The van der Waals surface area contributed by atoms with Crippen molar-refractivity contribution in [1.29, 1.82) is 0 Å². The summed E-state index contributed by atoms with van der Waals surface area (Å²) >= 11 is 0. The third kappa shape index (κ3) is 3.14. The highest BCUT2D eigenvalue weighted by Gasteiger charge is 2.82. The lowest BCUT2D eigenvalue weighted by molar-refractivity contribution is -0.181. The Bertz CT molecular complexity index is 857. The molecule has 34 heavy (non-hydrogen) atoms. The normalized spacial score (nSPS) is 49.1. The number of carbonyl (C=O) groups excluding carboxylic acids is 1. The Morgan fingerprint density at radius 1 is 0.912 bits per heavy atom. The molecule has 0 aromatic heterocycles. The van der Waals surface area contributed by atoms with Gasteiger partial charge in [0.1, 0.15) is 6.10 Å². The van der Waals surface area contributed by atoms with E-state index in [9.17, 15) is 4.79 Å². The maximum atomic E-state index is 11.8. The molecule has 0 radical (unpaired) electrons. The van der Waals surface area contributed by atoms with Crippen LogP contribution < -0.4 is 0 Å². The van der Waals surface area contributed by atoms with Crippen molar-refractivity contribution in [1.82, 2.24) is 0 Å². The van der Waals surface area contributed by atoms with Crippen LogP contribution >= 0.6 is 0 Å². The van der Waals surface area contributed by atoms with E-state index in [4.69, 9.17) is 4.74 Å². The van der Waals surface area contributed by atoms with Crippen molar-refractivity contribution in [2.75, 3.05) is 0 Å². The van der Waals surface area contributed by atoms with Gasteiger partial charge >= 0.3 is 5.97 Å². The van der Waals surface area contributed by atoms with Gasteiger partial charge in [-0.3, -0.25) is 4.79 Å². The summed E-state index contributed by atoms with van der Waals surface area (Å²) in [6, 6.07) is 0. The molecule has 0 aromatic rings. The summed E-state index contributed by atoms with van der Waals surface area (Å²) in [5.74, 6) is 3.26. The van der Waals surface area contributed by atoms with Crippen LogP contribution in [0.4, 0.5) is 0 Å². The predicted octanol–water partition coefficient (Wildman–Crippen LogP) is 8.74. The molecule has 9 unspecified atom stereocenters. The quantitative estimate of drug-likeness (QED) is 0.288. The molecule has 9 atom stereocenters. The summed E-state index contributed by atoms with van der Waals surface area (Å²) in [6.07, 6.45) is 16.4. The van der Waals surface area contributed by atoms with E-state index in [1.54, 1.807) is 6.92 Å². The molecule has 0 aromatic carbocycles. The van der Waals surface area contributed by atoms with Gasteiger partial charge in [-0.2, -0.15) is 0 Å². The summed E-state index contributed by atoms with van der Waals surface area (Å²) in [5.41, 5.74) is 3.58. The molecule has 192 valence electrons. The van der Waals surface area contributed by atoms with Crippen molar-refractivity contribution in [3.63, 3.8) is 0 Å². The Morgan fingerprint density at radius 2 is 1.59 bits per heavy atom. The molecule has 5 aliphatic rings. The molecule has 5 aliphatic carbocycles. The fourth-order valence-corrected chi connectivity index (χ4v) is 11.6. The van der Waals surface area contributed by atoms with Gasteiger partial charge in [0.15, 0.2) is 0 Å². The zero-order valence-electron chi connectivity index (χ0n) is 23.4. The molecule has 2 heteroatoms. The maximum absolute atomic E-state index is 11.8. The van der Waals surface area contributed by atoms with Crippen LogP contribution in [0, 0.1) is 50.7 Å². The van der Waals surface area contributed by atoms with Crippen molar-refractivity contribution >= 4 is 5.97 Å². The molecular formula is C32H52O2. The van der Waals surface area contributed by atoms with E-state index in [-0.39, 0.29) is 17.5 Å². The second-order valence-electron chi connectivity index (χ2n) is 14.9. The molecule has 0 heterocycles. The standard InChI is InChI=1S/C32H52O2/c1-21(2)10-9-11-22(3)24-14-16-30(8)26-13-12-25-28(5,6)27(34-23(4)33)15-17-31(25)20-32(26,31)19-18-29(24,30)7/h22,24-27H,1,9-20H2,2-8H3. The van der Waals surface area contributed by atoms with E-state index in [0.29, 0.717) is 21.7 Å². The minimum absolute atomic E-state index is 0.0940. The number of rotatable bonds is 6. The van der Waals surface area contributed by atoms with Gasteiger partial charge < -0.3 is 4.74 Å². The highest BCUT2D eigenvalue weighted by molar-refractivity contribution is 5.66. The molecular weight excluding hydrogens is 416 g/mol. The number of allylic oxidation sites excluding steroid dienone is 1. The zero-order chi connectivity index (χ0) is 24.7. The second kappa shape index (κ2) is 7.85. The van der Waals surface area contributed by atoms with Gasteiger partial charge in [0.05, 0.1) is 0 Å². The summed E-state index contributed by atoms with van der Waals surface area (Å²) < 4.78 is 5.90. The minimum atomic E-state index is -0.0940. The van der Waals surface area contributed by atoms with Crippen LogP contribution in [0.2, 0.25) is 0 Å². The number of esters is 1. The lowest BCUT2D eigenvalue weighted by Crippen LogP contribution is -2.58. The summed E-state index contributed by atoms with van der Waals surface area (Å²) in [4.78, 5) is 11.8. The number of ether oxygens (including phenoxy) is 1. The van der Waals surface area contributed by atoms with E-state index in [2.05, 4.69) is 48.1 Å². The smallest absolute Gasteiger partial charge is 0.302 e. The first-order valence-electron chi connectivity index (χ1n) is 14.7. The highest BCUT2D eigenvalue weighted by Crippen LogP contribution is 2.89. The molecule has 0 bridgehead atoms. The zero-order valence-corrected chi connectivity index (χ0v) is 23.4. The first kappa shape index (κ1) is 24.9. The van der Waals surface area contributed by atoms with Gasteiger partial charge in [-0.25, -0.2) is 0 Å². The molecule has 5 fully saturated rings. The van der Waals surface area contributed by atoms with Crippen LogP contribution in [-0.2, 0) is 9.53 Å². The first-order chi connectivity index (χ1) is 15.8. The number of carbonyl (C=O) groups is 1. The van der Waals surface area contributed by atoms with E-state index in [1.807, 2.05) is 0 Å². The van der Waals surface area contributed by atoms with Crippen LogP contribution in [0.1, 0.15) is 126 Å². The van der Waals surface area contributed by atoms with Crippen molar-refractivity contribution in [3.8, 4) is 0 Å². The molecule has 0 amide bonds. The minimum Gasteiger partial charge on any atom is -0.462 e. The Morgan fingerprint density at radius 3 is 2.26 bits per heavy atom. The second-order valence-corrected chi connectivity index (χ2v) is 14.9. The average molecular weight is 469 g/mol. The lowest BCUT2D eigenvalue weighted by Gasteiger charge is -2.63. The van der Waals surface area contributed by atoms with Gasteiger partial charge in [-0.1, -0.05) is 46.6 Å². The van der Waals surface area contributed by atoms with E-state index in [1.165, 1.54) is 76.2 Å². The Labute approximate surface area is 210 Å². The summed E-state index contributed by atoms with van der Waals surface area (Å²) in [7, 11) is 0. The molecule has 5 rings (SSSR count). The monoisotopic (exact) mass is 468 g/mol. The number of hydrogen-bond donors (Lipinski definition) is 0. The molecule has 0 saturated heterocycles. The first-order valence-corrected chi connectivity index (χ1v) is 14.7. The molecule has 2 spiro atoms. The Hall–Kier alpha value is -0.790. The van der Waals surface area contributed by atoms with Crippen molar-refractivity contribution in [2.45, 2.75) is 132 Å². The van der Waals surface area contributed by atoms with Gasteiger partial charge in [-0.05, 0) is 123 Å². The highest BCUT2D eigenvalue weighted by atomic mass is 16.5. The van der Waals surface area contributed by atoms with Crippen LogP contribution in [-0.4, -0.2) is 12.1 Å². The Kier molecular flexibility index (Phi) is 5.75. The van der Waals surface area contributed by atoms with Crippen LogP contribution in [0.15, 0.2) is 12.2 Å². The third-order valence-corrected chi connectivity index (χ3v) is 13.4. The van der Waals surface area contributed by atoms with Crippen LogP contribution in [0.3, 0.4) is 0 Å². The fraction of sp³-hybridized carbons (Fsp3) is 0.906. The lowest BCUT2D eigenvalue weighted by atomic mass is 9.41. The summed E-state index contributed by atoms with van der Waals surface area (Å²) in [5, 5.41) is 0. The molecule has 5 saturated carbocycles. The van der Waals surface area contributed by atoms with E-state index in [0.717, 1.165) is 30.1 Å². The number of fused-ring (bicyclic) bond motifs is 2. The van der Waals surface area contributed by atoms with Gasteiger partial charge in [0, 0.05) is 12.3 Å². The predicted molar refractivity (Wildman–Crippen MR) is 140 cm³/mol. The van der Waals surface area contributed by atoms with E-state index >= 15 is 0 Å². The molecule has 0 N–H and O–H groups in total. The maximum Gasteiger partial charge on any atom is 0.302 e. The Balaban J connectivity index is 1.37. The summed E-state index contributed by atoms with van der Waals surface area (Å²) in [6.45, 7) is 20.8. The SMILES string of the molecule is C=C(C)CCCC(C)C1CCC2(C)C3CCC4C(C)(C)C(OC(C)=O)CCC45CC35CCC12C. The van der Waals surface area contributed by atoms with E-state index < -0.39 is 0 Å².